The minimum absolute atomic E-state index is 0.0150. The number of carbonyl (C=O) groups is 1. The van der Waals surface area contributed by atoms with E-state index in [1.165, 1.54) is 6.07 Å². The molecule has 0 atom stereocenters. The summed E-state index contributed by atoms with van der Waals surface area (Å²) in [5, 5.41) is 12.1. The predicted octanol–water partition coefficient (Wildman–Crippen LogP) is 1.45. The van der Waals surface area contributed by atoms with E-state index in [4.69, 9.17) is 6.42 Å². The molecule has 15 heavy (non-hydrogen) atoms. The van der Waals surface area contributed by atoms with Crippen molar-refractivity contribution in [3.8, 4) is 18.1 Å². The van der Waals surface area contributed by atoms with Gasteiger partial charge in [-0.05, 0) is 19.1 Å². The second kappa shape index (κ2) is 5.06. The number of aryl methyl sites for hydroxylation is 1. The molecule has 3 heteroatoms. The monoisotopic (exact) mass is 203 g/mol. The van der Waals surface area contributed by atoms with E-state index in [1.54, 1.807) is 12.1 Å². The highest BCUT2D eigenvalue weighted by molar-refractivity contribution is 5.96. The highest BCUT2D eigenvalue weighted by Gasteiger charge is 2.09. The predicted molar refractivity (Wildman–Crippen MR) is 58.6 cm³/mol. The minimum Gasteiger partial charge on any atom is -0.507 e. The fraction of sp³-hybridized carbons (Fsp3) is 0.250. The van der Waals surface area contributed by atoms with Gasteiger partial charge in [0.25, 0.3) is 5.91 Å². The van der Waals surface area contributed by atoms with Gasteiger partial charge in [0, 0.05) is 13.0 Å². The Kier molecular flexibility index (Phi) is 3.75. The van der Waals surface area contributed by atoms with Crippen LogP contribution in [0.15, 0.2) is 18.2 Å². The molecule has 0 heterocycles. The molecule has 1 amide bonds. The number of terminal acetylenes is 1. The molecule has 0 spiro atoms. The van der Waals surface area contributed by atoms with E-state index in [1.807, 2.05) is 6.92 Å². The van der Waals surface area contributed by atoms with Gasteiger partial charge in [-0.2, -0.15) is 0 Å². The Bertz CT molecular complexity index is 405. The normalized spacial score (nSPS) is 9.33. The second-order valence-electron chi connectivity index (χ2n) is 3.23. The SMILES string of the molecule is C#CCCNC(=O)c1cc(C)ccc1O. The number of amides is 1. The van der Waals surface area contributed by atoms with Gasteiger partial charge in [-0.15, -0.1) is 12.3 Å². The molecule has 0 aromatic heterocycles. The van der Waals surface area contributed by atoms with Gasteiger partial charge in [0.15, 0.2) is 0 Å². The summed E-state index contributed by atoms with van der Waals surface area (Å²) < 4.78 is 0. The molecule has 0 radical (unpaired) electrons. The molecule has 0 saturated heterocycles. The molecule has 1 aromatic carbocycles. The average Bonchev–Trinajstić information content (AvgIpc) is 2.22. The summed E-state index contributed by atoms with van der Waals surface area (Å²) in [5.41, 5.74) is 1.21. The minimum atomic E-state index is -0.300. The average molecular weight is 203 g/mol. The van der Waals surface area contributed by atoms with Gasteiger partial charge in [-0.3, -0.25) is 4.79 Å². The van der Waals surface area contributed by atoms with Crippen LogP contribution < -0.4 is 5.32 Å². The molecule has 0 bridgehead atoms. The number of benzene rings is 1. The molecule has 1 rings (SSSR count). The summed E-state index contributed by atoms with van der Waals surface area (Å²) in [6.45, 7) is 2.28. The van der Waals surface area contributed by atoms with Crippen LogP contribution in [0.5, 0.6) is 5.75 Å². The first-order chi connectivity index (χ1) is 7.15. The molecular weight excluding hydrogens is 190 g/mol. The summed E-state index contributed by atoms with van der Waals surface area (Å²) in [7, 11) is 0. The molecule has 0 unspecified atom stereocenters. The zero-order valence-corrected chi connectivity index (χ0v) is 8.58. The Hall–Kier alpha value is -1.95. The fourth-order valence-electron chi connectivity index (χ4n) is 1.18. The number of hydrogen-bond acceptors (Lipinski definition) is 2. The maximum atomic E-state index is 11.6. The maximum absolute atomic E-state index is 11.6. The van der Waals surface area contributed by atoms with Gasteiger partial charge in [0.05, 0.1) is 5.56 Å². The Balaban J connectivity index is 2.73. The van der Waals surface area contributed by atoms with Crippen LogP contribution in [0.2, 0.25) is 0 Å². The van der Waals surface area contributed by atoms with Crippen molar-refractivity contribution in [3.05, 3.63) is 29.3 Å². The molecule has 78 valence electrons. The quantitative estimate of drug-likeness (QED) is 0.577. The summed E-state index contributed by atoms with van der Waals surface area (Å²) >= 11 is 0. The zero-order valence-electron chi connectivity index (χ0n) is 8.58. The van der Waals surface area contributed by atoms with Crippen LogP contribution in [0.3, 0.4) is 0 Å². The standard InChI is InChI=1S/C12H13NO2/c1-3-4-7-13-12(15)10-8-9(2)5-6-11(10)14/h1,5-6,8,14H,4,7H2,2H3,(H,13,15). The van der Waals surface area contributed by atoms with Crippen molar-refractivity contribution in [2.75, 3.05) is 6.54 Å². The first kappa shape index (κ1) is 11.1. The molecule has 1 aromatic rings. The number of nitrogens with one attached hydrogen (secondary N) is 1. The molecule has 0 aliphatic carbocycles. The zero-order chi connectivity index (χ0) is 11.3. The van der Waals surface area contributed by atoms with E-state index in [9.17, 15) is 9.90 Å². The third-order valence-corrected chi connectivity index (χ3v) is 1.95. The van der Waals surface area contributed by atoms with E-state index in [0.29, 0.717) is 13.0 Å². The van der Waals surface area contributed by atoms with Crippen LogP contribution in [0.25, 0.3) is 0 Å². The van der Waals surface area contributed by atoms with Crippen LogP contribution in [-0.4, -0.2) is 17.6 Å². The van der Waals surface area contributed by atoms with Crippen molar-refractivity contribution < 1.29 is 9.90 Å². The molecule has 0 aliphatic heterocycles. The maximum Gasteiger partial charge on any atom is 0.255 e. The van der Waals surface area contributed by atoms with E-state index in [0.717, 1.165) is 5.56 Å². The molecule has 0 saturated carbocycles. The van der Waals surface area contributed by atoms with Gasteiger partial charge in [0.1, 0.15) is 5.75 Å². The third kappa shape index (κ3) is 3.03. The number of phenols is 1. The molecule has 0 fully saturated rings. The van der Waals surface area contributed by atoms with Crippen LogP contribution >= 0.6 is 0 Å². The molecular formula is C12H13NO2. The summed E-state index contributed by atoms with van der Waals surface area (Å²) in [6.07, 6.45) is 5.54. The summed E-state index contributed by atoms with van der Waals surface area (Å²) in [6, 6.07) is 4.89. The second-order valence-corrected chi connectivity index (χ2v) is 3.23. The van der Waals surface area contributed by atoms with Crippen molar-refractivity contribution in [1.82, 2.24) is 5.32 Å². The van der Waals surface area contributed by atoms with Crippen molar-refractivity contribution in [3.63, 3.8) is 0 Å². The topological polar surface area (TPSA) is 49.3 Å². The highest BCUT2D eigenvalue weighted by Crippen LogP contribution is 2.17. The van der Waals surface area contributed by atoms with E-state index < -0.39 is 0 Å². The highest BCUT2D eigenvalue weighted by atomic mass is 16.3. The molecule has 0 aliphatic rings. The van der Waals surface area contributed by atoms with Crippen molar-refractivity contribution in [2.45, 2.75) is 13.3 Å². The van der Waals surface area contributed by atoms with Crippen molar-refractivity contribution in [1.29, 1.82) is 0 Å². The van der Waals surface area contributed by atoms with E-state index >= 15 is 0 Å². The summed E-state index contributed by atoms with van der Waals surface area (Å²) in [4.78, 5) is 11.6. The lowest BCUT2D eigenvalue weighted by molar-refractivity contribution is 0.0952. The smallest absolute Gasteiger partial charge is 0.255 e. The number of hydrogen-bond donors (Lipinski definition) is 2. The van der Waals surface area contributed by atoms with Gasteiger partial charge < -0.3 is 10.4 Å². The van der Waals surface area contributed by atoms with Crippen LogP contribution in [-0.2, 0) is 0 Å². The van der Waals surface area contributed by atoms with Crippen LogP contribution in [0.1, 0.15) is 22.3 Å². The number of rotatable bonds is 3. The lowest BCUT2D eigenvalue weighted by atomic mass is 10.1. The van der Waals surface area contributed by atoms with Crippen LogP contribution in [0.4, 0.5) is 0 Å². The Morgan fingerprint density at radius 2 is 2.33 bits per heavy atom. The number of aromatic hydroxyl groups is 1. The largest absolute Gasteiger partial charge is 0.507 e. The first-order valence-corrected chi connectivity index (χ1v) is 4.66. The first-order valence-electron chi connectivity index (χ1n) is 4.66. The third-order valence-electron chi connectivity index (χ3n) is 1.95. The number of carbonyl (C=O) groups excluding carboxylic acids is 1. The van der Waals surface area contributed by atoms with Gasteiger partial charge >= 0.3 is 0 Å². The van der Waals surface area contributed by atoms with Gasteiger partial charge in [0.2, 0.25) is 0 Å². The summed E-state index contributed by atoms with van der Waals surface area (Å²) in [5.74, 6) is 2.11. The lowest BCUT2D eigenvalue weighted by Gasteiger charge is -2.06. The van der Waals surface area contributed by atoms with Crippen molar-refractivity contribution in [2.24, 2.45) is 0 Å². The lowest BCUT2D eigenvalue weighted by Crippen LogP contribution is -2.24. The Morgan fingerprint density at radius 1 is 1.60 bits per heavy atom. The van der Waals surface area contributed by atoms with Crippen LogP contribution in [0, 0.1) is 19.3 Å². The van der Waals surface area contributed by atoms with Gasteiger partial charge in [-0.25, -0.2) is 0 Å². The fourth-order valence-corrected chi connectivity index (χ4v) is 1.18. The van der Waals surface area contributed by atoms with E-state index in [-0.39, 0.29) is 17.2 Å². The van der Waals surface area contributed by atoms with E-state index in [2.05, 4.69) is 11.2 Å². The Labute approximate surface area is 89.1 Å². The molecule has 2 N–H and O–H groups in total. The molecule has 3 nitrogen and oxygen atoms in total. The number of phenolic OH excluding ortho intramolecular Hbond substituents is 1. The Morgan fingerprint density at radius 3 is 3.00 bits per heavy atom. The van der Waals surface area contributed by atoms with Crippen molar-refractivity contribution >= 4 is 5.91 Å². The van der Waals surface area contributed by atoms with Gasteiger partial charge in [-0.1, -0.05) is 11.6 Å².